The maximum atomic E-state index is 8.87. The lowest BCUT2D eigenvalue weighted by Crippen LogP contribution is -2.37. The van der Waals surface area contributed by atoms with Crippen molar-refractivity contribution in [3.05, 3.63) is 0 Å². The second-order valence-electron chi connectivity index (χ2n) is 1.74. The third kappa shape index (κ3) is 4.86. The SMILES string of the molecule is CO[Si](O)(O)CCCCl. The molecule has 0 saturated carbocycles. The van der Waals surface area contributed by atoms with Crippen molar-refractivity contribution in [2.75, 3.05) is 13.0 Å². The highest BCUT2D eigenvalue weighted by Crippen LogP contribution is 2.05. The molecule has 9 heavy (non-hydrogen) atoms. The van der Waals surface area contributed by atoms with Gasteiger partial charge in [-0.2, -0.15) is 0 Å². The van der Waals surface area contributed by atoms with E-state index in [0.29, 0.717) is 12.3 Å². The Hall–Kier alpha value is 0.387. The van der Waals surface area contributed by atoms with E-state index >= 15 is 0 Å². The molecule has 3 nitrogen and oxygen atoms in total. The van der Waals surface area contributed by atoms with Crippen LogP contribution >= 0.6 is 11.6 Å². The summed E-state index contributed by atoms with van der Waals surface area (Å²) in [5.74, 6) is 0.444. The minimum absolute atomic E-state index is 0.285. The molecule has 0 radical (unpaired) electrons. The van der Waals surface area contributed by atoms with Gasteiger partial charge in [-0.15, -0.1) is 11.6 Å². The highest BCUT2D eigenvalue weighted by molar-refractivity contribution is 6.57. The zero-order chi connectivity index (χ0) is 7.33. The molecule has 0 aromatic rings. The van der Waals surface area contributed by atoms with Gasteiger partial charge < -0.3 is 14.0 Å². The van der Waals surface area contributed by atoms with Gasteiger partial charge in [-0.1, -0.05) is 0 Å². The molecule has 0 spiro atoms. The maximum Gasteiger partial charge on any atom is 0.495 e. The number of hydrogen-bond donors (Lipinski definition) is 2. The number of halogens is 1. The Kier molecular flexibility index (Phi) is 4.42. The molecule has 0 saturated heterocycles. The minimum Gasteiger partial charge on any atom is -0.390 e. The van der Waals surface area contributed by atoms with Crippen LogP contribution in [0.15, 0.2) is 0 Å². The molecule has 2 N–H and O–H groups in total. The largest absolute Gasteiger partial charge is 0.495 e. The van der Waals surface area contributed by atoms with Gasteiger partial charge in [-0.05, 0) is 6.42 Å². The Morgan fingerprint density at radius 2 is 2.11 bits per heavy atom. The van der Waals surface area contributed by atoms with Gasteiger partial charge in [-0.3, -0.25) is 0 Å². The fourth-order valence-electron chi connectivity index (χ4n) is 0.399. The molecule has 5 heteroatoms. The molecule has 0 unspecified atom stereocenters. The minimum atomic E-state index is -3.28. The van der Waals surface area contributed by atoms with Crippen molar-refractivity contribution in [3.8, 4) is 0 Å². The number of alkyl halides is 1. The van der Waals surface area contributed by atoms with Crippen molar-refractivity contribution < 1.29 is 14.0 Å². The zero-order valence-corrected chi connectivity index (χ0v) is 7.06. The summed E-state index contributed by atoms with van der Waals surface area (Å²) in [4.78, 5) is 17.7. The van der Waals surface area contributed by atoms with Crippen LogP contribution in [0.25, 0.3) is 0 Å². The summed E-state index contributed by atoms with van der Waals surface area (Å²) in [6.07, 6.45) is 0.592. The second kappa shape index (κ2) is 4.24. The van der Waals surface area contributed by atoms with Crippen LogP contribution in [0, 0.1) is 0 Å². The first-order chi connectivity index (χ1) is 4.12. The van der Waals surface area contributed by atoms with E-state index in [1.807, 2.05) is 0 Å². The molecule has 0 aromatic carbocycles. The van der Waals surface area contributed by atoms with Crippen LogP contribution < -0.4 is 0 Å². The van der Waals surface area contributed by atoms with E-state index in [4.69, 9.17) is 21.2 Å². The molecule has 0 bridgehead atoms. The molecule has 0 fully saturated rings. The third-order valence-corrected chi connectivity index (χ3v) is 2.89. The average molecular weight is 171 g/mol. The van der Waals surface area contributed by atoms with Crippen molar-refractivity contribution in [3.63, 3.8) is 0 Å². The molecule has 0 aromatic heterocycles. The molecule has 0 amide bonds. The Labute approximate surface area is 60.6 Å². The topological polar surface area (TPSA) is 49.7 Å². The second-order valence-corrected chi connectivity index (χ2v) is 4.51. The van der Waals surface area contributed by atoms with Crippen molar-refractivity contribution in [2.24, 2.45) is 0 Å². The highest BCUT2D eigenvalue weighted by Gasteiger charge is 2.29. The van der Waals surface area contributed by atoms with Gasteiger partial charge in [0, 0.05) is 19.0 Å². The number of hydrogen-bond acceptors (Lipinski definition) is 3. The summed E-state index contributed by atoms with van der Waals surface area (Å²) >= 11 is 5.31. The van der Waals surface area contributed by atoms with E-state index in [-0.39, 0.29) is 6.04 Å². The Bertz CT molecular complexity index is 78.2. The van der Waals surface area contributed by atoms with Gasteiger partial charge >= 0.3 is 8.80 Å². The summed E-state index contributed by atoms with van der Waals surface area (Å²) in [6, 6.07) is 0.285. The lowest BCUT2D eigenvalue weighted by atomic mass is 10.6. The lowest BCUT2D eigenvalue weighted by molar-refractivity contribution is 0.184. The molecule has 0 heterocycles. The quantitative estimate of drug-likeness (QED) is 0.468. The summed E-state index contributed by atoms with van der Waals surface area (Å²) < 4.78 is 4.43. The van der Waals surface area contributed by atoms with Gasteiger partial charge in [0.1, 0.15) is 0 Å². The van der Waals surface area contributed by atoms with Crippen molar-refractivity contribution in [1.82, 2.24) is 0 Å². The van der Waals surface area contributed by atoms with Crippen LogP contribution in [0.3, 0.4) is 0 Å². The maximum absolute atomic E-state index is 8.87. The molecule has 0 aliphatic carbocycles. The molecule has 0 aliphatic heterocycles. The normalized spacial score (nSPS) is 12.0. The van der Waals surface area contributed by atoms with E-state index in [0.717, 1.165) is 0 Å². The van der Waals surface area contributed by atoms with Gasteiger partial charge in [0.2, 0.25) is 0 Å². The highest BCUT2D eigenvalue weighted by atomic mass is 35.5. The van der Waals surface area contributed by atoms with Crippen molar-refractivity contribution in [1.29, 1.82) is 0 Å². The Balaban J connectivity index is 3.33. The van der Waals surface area contributed by atoms with Crippen molar-refractivity contribution in [2.45, 2.75) is 12.5 Å². The molecule has 56 valence electrons. The fourth-order valence-corrected chi connectivity index (χ4v) is 1.60. The first-order valence-corrected chi connectivity index (χ1v) is 5.22. The third-order valence-electron chi connectivity index (χ3n) is 0.963. The summed E-state index contributed by atoms with van der Waals surface area (Å²) in [5.41, 5.74) is 0. The van der Waals surface area contributed by atoms with E-state index in [1.54, 1.807) is 0 Å². The first kappa shape index (κ1) is 9.39. The smallest absolute Gasteiger partial charge is 0.390 e. The zero-order valence-electron chi connectivity index (χ0n) is 5.30. The summed E-state index contributed by atoms with van der Waals surface area (Å²) in [6.45, 7) is 0. The molecular formula is C4H11ClO3Si. The van der Waals surface area contributed by atoms with E-state index in [9.17, 15) is 0 Å². The first-order valence-electron chi connectivity index (χ1n) is 2.68. The van der Waals surface area contributed by atoms with E-state index in [1.165, 1.54) is 7.11 Å². The van der Waals surface area contributed by atoms with Gasteiger partial charge in [-0.25, -0.2) is 0 Å². The van der Waals surface area contributed by atoms with Crippen LogP contribution in [0.4, 0.5) is 0 Å². The number of rotatable bonds is 4. The lowest BCUT2D eigenvalue weighted by Gasteiger charge is -2.12. The van der Waals surface area contributed by atoms with Crippen LogP contribution in [-0.4, -0.2) is 31.4 Å². The van der Waals surface area contributed by atoms with Crippen molar-refractivity contribution >= 4 is 20.4 Å². The van der Waals surface area contributed by atoms with Gasteiger partial charge in [0.05, 0.1) is 0 Å². The Morgan fingerprint density at radius 3 is 2.44 bits per heavy atom. The fraction of sp³-hybridized carbons (Fsp3) is 1.00. The van der Waals surface area contributed by atoms with E-state index < -0.39 is 8.80 Å². The molecule has 0 aliphatic rings. The van der Waals surface area contributed by atoms with Gasteiger partial charge in [0.25, 0.3) is 0 Å². The van der Waals surface area contributed by atoms with Gasteiger partial charge in [0.15, 0.2) is 0 Å². The van der Waals surface area contributed by atoms with Crippen LogP contribution in [0.1, 0.15) is 6.42 Å². The standard InChI is InChI=1S/C4H11ClO3Si/c1-8-9(6,7)4-2-3-5/h6-7H,2-4H2,1H3. The van der Waals surface area contributed by atoms with Crippen LogP contribution in [-0.2, 0) is 4.43 Å². The predicted molar refractivity (Wildman–Crippen MR) is 37.3 cm³/mol. The van der Waals surface area contributed by atoms with Crippen LogP contribution in [0.5, 0.6) is 0 Å². The molecule has 0 atom stereocenters. The average Bonchev–Trinajstić information content (AvgIpc) is 1.84. The van der Waals surface area contributed by atoms with E-state index in [2.05, 4.69) is 4.43 Å². The molecule has 0 rings (SSSR count). The Morgan fingerprint density at radius 1 is 1.56 bits per heavy atom. The summed E-state index contributed by atoms with van der Waals surface area (Å²) in [7, 11) is -1.99. The molecular weight excluding hydrogens is 160 g/mol. The van der Waals surface area contributed by atoms with Crippen LogP contribution in [0.2, 0.25) is 6.04 Å². The predicted octanol–water partition coefficient (Wildman–Crippen LogP) is 0.185. The summed E-state index contributed by atoms with van der Waals surface area (Å²) in [5, 5.41) is 0. The monoisotopic (exact) mass is 170 g/mol.